The van der Waals surface area contributed by atoms with Gasteiger partial charge < -0.3 is 9.66 Å². The van der Waals surface area contributed by atoms with Gasteiger partial charge in [-0.05, 0) is 6.42 Å². The molecule has 0 spiro atoms. The van der Waals surface area contributed by atoms with Crippen LogP contribution in [0.5, 0.6) is 0 Å². The zero-order chi connectivity index (χ0) is 16.7. The van der Waals surface area contributed by atoms with Crippen molar-refractivity contribution >= 4 is 10.1 Å². The van der Waals surface area contributed by atoms with Gasteiger partial charge in [0.05, 0.1) is 22.0 Å². The Morgan fingerprint density at radius 3 is 1.43 bits per heavy atom. The Kier molecular flexibility index (Phi) is 20.1. The molecule has 0 aliphatic heterocycles. The summed E-state index contributed by atoms with van der Waals surface area (Å²) in [6, 6.07) is 0. The van der Waals surface area contributed by atoms with Crippen molar-refractivity contribution in [3.63, 3.8) is 0 Å². The monoisotopic (exact) mass is 358 g/mol. The Labute approximate surface area is 165 Å². The van der Waals surface area contributed by atoms with Crippen molar-refractivity contribution in [3.05, 3.63) is 0 Å². The Morgan fingerprint density at radius 2 is 1.13 bits per heavy atom. The Hall–Kier alpha value is 0.870. The first-order chi connectivity index (χ1) is 10.5. The minimum Gasteiger partial charge on any atom is -0.748 e. The average molecular weight is 359 g/mol. The summed E-state index contributed by atoms with van der Waals surface area (Å²) in [5.41, 5.74) is 0. The molecule has 0 saturated heterocycles. The maximum Gasteiger partial charge on any atom is 1.00 e. The van der Waals surface area contributed by atoms with Gasteiger partial charge in [-0.25, -0.2) is 8.42 Å². The summed E-state index contributed by atoms with van der Waals surface area (Å²) in [6.07, 6.45) is 16.2. The van der Waals surface area contributed by atoms with Gasteiger partial charge in [-0.1, -0.05) is 90.4 Å². The largest absolute Gasteiger partial charge is 1.00 e. The van der Waals surface area contributed by atoms with E-state index in [1.807, 2.05) is 0 Å². The molecule has 6 heteroatoms. The summed E-state index contributed by atoms with van der Waals surface area (Å²) in [5.74, 6) is 0. The first-order valence-corrected chi connectivity index (χ1v) is 10.5. The third-order valence-corrected chi connectivity index (χ3v) is 5.44. The minimum atomic E-state index is -4.33. The van der Waals surface area contributed by atoms with Crippen LogP contribution in [0.25, 0.3) is 0 Å². The van der Waals surface area contributed by atoms with Crippen molar-refractivity contribution in [1.82, 2.24) is 0 Å². The van der Waals surface area contributed by atoms with E-state index in [9.17, 15) is 13.0 Å². The van der Waals surface area contributed by atoms with E-state index in [0.717, 1.165) is 12.8 Å². The smallest absolute Gasteiger partial charge is 0.748 e. The van der Waals surface area contributed by atoms with Crippen LogP contribution in [0.3, 0.4) is 0 Å². The second kappa shape index (κ2) is 17.7. The number of aliphatic hydroxyl groups excluding tert-OH is 1. The molecule has 4 nitrogen and oxygen atoms in total. The molecular weight excluding hydrogens is 323 g/mol. The van der Waals surface area contributed by atoms with Crippen LogP contribution in [0.2, 0.25) is 0 Å². The van der Waals surface area contributed by atoms with Crippen LogP contribution >= 0.6 is 0 Å². The van der Waals surface area contributed by atoms with E-state index in [1.54, 1.807) is 0 Å². The maximum atomic E-state index is 10.8. The van der Waals surface area contributed by atoms with E-state index >= 15 is 0 Å². The summed E-state index contributed by atoms with van der Waals surface area (Å²) in [6.45, 7) is 1.69. The van der Waals surface area contributed by atoms with Crippen LogP contribution in [0.4, 0.5) is 0 Å². The van der Waals surface area contributed by atoms with Crippen molar-refractivity contribution in [2.45, 2.75) is 102 Å². The molecule has 0 aliphatic carbocycles. The van der Waals surface area contributed by atoms with Gasteiger partial charge in [-0.3, -0.25) is 0 Å². The summed E-state index contributed by atoms with van der Waals surface area (Å²) < 4.78 is 32.4. The number of hydrogen-bond acceptors (Lipinski definition) is 4. The zero-order valence-electron chi connectivity index (χ0n) is 15.3. The topological polar surface area (TPSA) is 77.4 Å². The van der Waals surface area contributed by atoms with Crippen LogP contribution < -0.4 is 29.6 Å². The summed E-state index contributed by atoms with van der Waals surface area (Å²) >= 11 is 0. The van der Waals surface area contributed by atoms with Crippen molar-refractivity contribution in [2.75, 3.05) is 6.61 Å². The summed E-state index contributed by atoms with van der Waals surface area (Å²) in [4.78, 5) is 0. The van der Waals surface area contributed by atoms with Crippen LogP contribution in [0, 0.1) is 0 Å². The Bertz CT molecular complexity index is 333. The van der Waals surface area contributed by atoms with Gasteiger partial charge in [0.15, 0.2) is 0 Å². The van der Waals surface area contributed by atoms with Crippen molar-refractivity contribution in [3.8, 4) is 0 Å². The molecular formula is C17H35NaO4S. The molecule has 0 fully saturated rings. The van der Waals surface area contributed by atoms with E-state index in [2.05, 4.69) is 6.92 Å². The third-order valence-electron chi connectivity index (χ3n) is 4.24. The molecule has 0 bridgehead atoms. The molecule has 1 N–H and O–H groups in total. The van der Waals surface area contributed by atoms with Gasteiger partial charge in [0, 0.05) is 0 Å². The van der Waals surface area contributed by atoms with Crippen LogP contribution in [-0.4, -0.2) is 29.9 Å². The van der Waals surface area contributed by atoms with Crippen LogP contribution in [0.15, 0.2) is 0 Å². The molecule has 1 unspecified atom stereocenters. The standard InChI is InChI=1S/C17H36O4S.Na/c1-2-3-4-5-6-7-8-9-10-11-12-13-14-15-17(16-18)22(19,20)21;/h17-18H,2-16H2,1H3,(H,19,20,21);/q;+1/p-1. The van der Waals surface area contributed by atoms with Crippen molar-refractivity contribution < 1.29 is 47.6 Å². The first kappa shape index (κ1) is 26.1. The molecule has 134 valence electrons. The van der Waals surface area contributed by atoms with Gasteiger partial charge in [0.1, 0.15) is 0 Å². The van der Waals surface area contributed by atoms with E-state index < -0.39 is 22.0 Å². The number of rotatable bonds is 16. The normalized spacial score (nSPS) is 12.8. The van der Waals surface area contributed by atoms with Crippen LogP contribution in [0.1, 0.15) is 96.8 Å². The Balaban J connectivity index is 0. The van der Waals surface area contributed by atoms with Gasteiger partial charge >= 0.3 is 29.6 Å². The van der Waals surface area contributed by atoms with Gasteiger partial charge in [0.25, 0.3) is 0 Å². The molecule has 0 aliphatic rings. The molecule has 0 aromatic rings. The van der Waals surface area contributed by atoms with Crippen molar-refractivity contribution in [1.29, 1.82) is 0 Å². The molecule has 0 rings (SSSR count). The number of unbranched alkanes of at least 4 members (excludes halogenated alkanes) is 12. The predicted molar refractivity (Wildman–Crippen MR) is 90.9 cm³/mol. The van der Waals surface area contributed by atoms with Crippen LogP contribution in [-0.2, 0) is 10.1 Å². The molecule has 0 heterocycles. The Morgan fingerprint density at radius 1 is 0.783 bits per heavy atom. The molecule has 0 radical (unpaired) electrons. The second-order valence-electron chi connectivity index (χ2n) is 6.33. The van der Waals surface area contributed by atoms with E-state index in [-0.39, 0.29) is 29.6 Å². The third kappa shape index (κ3) is 17.5. The average Bonchev–Trinajstić information content (AvgIpc) is 2.46. The maximum absolute atomic E-state index is 10.8. The zero-order valence-corrected chi connectivity index (χ0v) is 18.1. The van der Waals surface area contributed by atoms with Gasteiger partial charge in [-0.15, -0.1) is 0 Å². The molecule has 0 aromatic heterocycles. The summed E-state index contributed by atoms with van der Waals surface area (Å²) in [5, 5.41) is 7.76. The fraction of sp³-hybridized carbons (Fsp3) is 1.00. The molecule has 0 aromatic carbocycles. The predicted octanol–water partition coefficient (Wildman–Crippen LogP) is 1.38. The SMILES string of the molecule is CCCCCCCCCCCCCCCC(CO)S(=O)(=O)[O-].[Na+]. The second-order valence-corrected chi connectivity index (χ2v) is 7.98. The van der Waals surface area contributed by atoms with Gasteiger partial charge in [-0.2, -0.15) is 0 Å². The fourth-order valence-corrected chi connectivity index (χ4v) is 3.35. The molecule has 0 saturated carbocycles. The molecule has 23 heavy (non-hydrogen) atoms. The first-order valence-electron chi connectivity index (χ1n) is 9.08. The molecule has 1 atom stereocenters. The van der Waals surface area contributed by atoms with Crippen molar-refractivity contribution in [2.24, 2.45) is 0 Å². The summed E-state index contributed by atoms with van der Waals surface area (Å²) in [7, 11) is -4.33. The van der Waals surface area contributed by atoms with Gasteiger partial charge in [0.2, 0.25) is 0 Å². The quantitative estimate of drug-likeness (QED) is 0.257. The van der Waals surface area contributed by atoms with E-state index in [0.29, 0.717) is 12.8 Å². The van der Waals surface area contributed by atoms with E-state index in [1.165, 1.54) is 64.2 Å². The fourth-order valence-electron chi connectivity index (χ4n) is 2.72. The van der Waals surface area contributed by atoms with E-state index in [4.69, 9.17) is 5.11 Å². The minimum absolute atomic E-state index is 0. The number of hydrogen-bond donors (Lipinski definition) is 1. The molecule has 0 amide bonds. The number of aliphatic hydroxyl groups is 1.